The van der Waals surface area contributed by atoms with Gasteiger partial charge in [-0.1, -0.05) is 32.0 Å². The van der Waals surface area contributed by atoms with Gasteiger partial charge in [-0.2, -0.15) is 0 Å². The first-order chi connectivity index (χ1) is 12.0. The zero-order chi connectivity index (χ0) is 18.2. The Morgan fingerprint density at radius 1 is 1.04 bits per heavy atom. The topological polar surface area (TPSA) is 58.6 Å². The van der Waals surface area contributed by atoms with Crippen LogP contribution < -0.4 is 15.0 Å². The fraction of sp³-hybridized carbons (Fsp3) is 0.300. The van der Waals surface area contributed by atoms with Crippen molar-refractivity contribution in [2.24, 2.45) is 5.92 Å². The summed E-state index contributed by atoms with van der Waals surface area (Å²) in [5.74, 6) is 0.815. The Kier molecular flexibility index (Phi) is 6.57. The zero-order valence-corrected chi connectivity index (χ0v) is 14.9. The van der Waals surface area contributed by atoms with E-state index in [4.69, 9.17) is 4.74 Å². The number of para-hydroxylation sites is 1. The van der Waals surface area contributed by atoms with Crippen molar-refractivity contribution in [2.75, 3.05) is 18.5 Å². The molecule has 0 fully saturated rings. The quantitative estimate of drug-likeness (QED) is 0.861. The third-order valence-corrected chi connectivity index (χ3v) is 3.75. The molecule has 5 nitrogen and oxygen atoms in total. The van der Waals surface area contributed by atoms with Crippen molar-refractivity contribution in [3.8, 4) is 5.75 Å². The van der Waals surface area contributed by atoms with E-state index in [2.05, 4.69) is 19.2 Å². The molecule has 0 bridgehead atoms. The molecule has 0 aliphatic heterocycles. The van der Waals surface area contributed by atoms with Crippen molar-refractivity contribution in [1.29, 1.82) is 0 Å². The van der Waals surface area contributed by atoms with Crippen molar-refractivity contribution in [1.82, 2.24) is 5.32 Å². The molecule has 25 heavy (non-hydrogen) atoms. The Balaban J connectivity index is 1.91. The number of carbonyl (C=O) groups excluding carboxylic acids is 2. The van der Waals surface area contributed by atoms with Gasteiger partial charge in [0.2, 0.25) is 0 Å². The lowest BCUT2D eigenvalue weighted by molar-refractivity contribution is 0.0952. The van der Waals surface area contributed by atoms with Crippen molar-refractivity contribution < 1.29 is 14.3 Å². The van der Waals surface area contributed by atoms with Crippen LogP contribution in [0.15, 0.2) is 54.6 Å². The Bertz CT molecular complexity index is 697. The predicted molar refractivity (Wildman–Crippen MR) is 99.1 cm³/mol. The van der Waals surface area contributed by atoms with Gasteiger partial charge in [0.15, 0.2) is 0 Å². The standard InChI is InChI=1S/C20H24N2O3/c1-15(2)13-14-21-19(23)16-9-11-18(12-10-16)25-20(24)22(3)17-7-5-4-6-8-17/h4-12,15H,13-14H2,1-3H3,(H,21,23). The molecule has 0 heterocycles. The molecule has 0 aliphatic carbocycles. The van der Waals surface area contributed by atoms with Crippen LogP contribution in [0.5, 0.6) is 5.75 Å². The van der Waals surface area contributed by atoms with Crippen LogP contribution in [0, 0.1) is 5.92 Å². The minimum Gasteiger partial charge on any atom is -0.410 e. The van der Waals surface area contributed by atoms with Crippen LogP contribution in [0.25, 0.3) is 0 Å². The molecule has 132 valence electrons. The molecule has 0 spiro atoms. The second kappa shape index (κ2) is 8.87. The highest BCUT2D eigenvalue weighted by atomic mass is 16.6. The number of carbonyl (C=O) groups is 2. The largest absolute Gasteiger partial charge is 0.419 e. The summed E-state index contributed by atoms with van der Waals surface area (Å²) < 4.78 is 5.33. The highest BCUT2D eigenvalue weighted by Crippen LogP contribution is 2.16. The smallest absolute Gasteiger partial charge is 0.410 e. The lowest BCUT2D eigenvalue weighted by Gasteiger charge is -2.16. The van der Waals surface area contributed by atoms with E-state index in [1.807, 2.05) is 30.3 Å². The number of rotatable bonds is 6. The summed E-state index contributed by atoms with van der Waals surface area (Å²) in [4.78, 5) is 25.6. The van der Waals surface area contributed by atoms with Crippen LogP contribution in [-0.4, -0.2) is 25.6 Å². The lowest BCUT2D eigenvalue weighted by Crippen LogP contribution is -2.29. The third-order valence-electron chi connectivity index (χ3n) is 3.75. The van der Waals surface area contributed by atoms with Crippen LogP contribution in [0.3, 0.4) is 0 Å². The number of hydrogen-bond donors (Lipinski definition) is 1. The van der Waals surface area contributed by atoms with Gasteiger partial charge < -0.3 is 10.1 Å². The van der Waals surface area contributed by atoms with Gasteiger partial charge in [-0.25, -0.2) is 4.79 Å². The summed E-state index contributed by atoms with van der Waals surface area (Å²) in [6.07, 6.45) is 0.452. The molecule has 0 aliphatic rings. The van der Waals surface area contributed by atoms with E-state index in [-0.39, 0.29) is 5.91 Å². The van der Waals surface area contributed by atoms with E-state index in [0.717, 1.165) is 12.1 Å². The molecule has 2 amide bonds. The third kappa shape index (κ3) is 5.64. The summed E-state index contributed by atoms with van der Waals surface area (Å²) in [5, 5.41) is 2.88. The lowest BCUT2D eigenvalue weighted by atomic mass is 10.1. The number of benzene rings is 2. The summed E-state index contributed by atoms with van der Waals surface area (Å²) in [7, 11) is 1.65. The average Bonchev–Trinajstić information content (AvgIpc) is 2.62. The van der Waals surface area contributed by atoms with Crippen LogP contribution in [0.1, 0.15) is 30.6 Å². The van der Waals surface area contributed by atoms with E-state index < -0.39 is 6.09 Å². The minimum absolute atomic E-state index is 0.125. The van der Waals surface area contributed by atoms with Crippen molar-refractivity contribution in [3.05, 3.63) is 60.2 Å². The number of ether oxygens (including phenoxy) is 1. The number of nitrogens with one attached hydrogen (secondary N) is 1. The highest BCUT2D eigenvalue weighted by molar-refractivity contribution is 5.94. The molecule has 2 rings (SSSR count). The molecule has 0 radical (unpaired) electrons. The number of hydrogen-bond acceptors (Lipinski definition) is 3. The van der Waals surface area contributed by atoms with E-state index in [0.29, 0.717) is 23.8 Å². The Hall–Kier alpha value is -2.82. The van der Waals surface area contributed by atoms with Crippen molar-refractivity contribution >= 4 is 17.7 Å². The van der Waals surface area contributed by atoms with Crippen LogP contribution in [-0.2, 0) is 0 Å². The second-order valence-corrected chi connectivity index (χ2v) is 6.23. The monoisotopic (exact) mass is 340 g/mol. The molecule has 0 atom stereocenters. The SMILES string of the molecule is CC(C)CCNC(=O)c1ccc(OC(=O)N(C)c2ccccc2)cc1. The maximum Gasteiger partial charge on any atom is 0.419 e. The van der Waals surface area contributed by atoms with Gasteiger partial charge in [0, 0.05) is 24.8 Å². The average molecular weight is 340 g/mol. The fourth-order valence-electron chi connectivity index (χ4n) is 2.18. The Morgan fingerprint density at radius 2 is 1.68 bits per heavy atom. The summed E-state index contributed by atoms with van der Waals surface area (Å²) >= 11 is 0. The summed E-state index contributed by atoms with van der Waals surface area (Å²) in [6, 6.07) is 15.8. The molecule has 0 unspecified atom stereocenters. The first-order valence-electron chi connectivity index (χ1n) is 8.36. The van der Waals surface area contributed by atoms with Gasteiger partial charge in [0.05, 0.1) is 0 Å². The highest BCUT2D eigenvalue weighted by Gasteiger charge is 2.13. The van der Waals surface area contributed by atoms with Crippen LogP contribution in [0.2, 0.25) is 0 Å². The maximum atomic E-state index is 12.2. The Labute approximate surface area is 148 Å². The molecule has 0 saturated heterocycles. The fourth-order valence-corrected chi connectivity index (χ4v) is 2.18. The van der Waals surface area contributed by atoms with Crippen LogP contribution in [0.4, 0.5) is 10.5 Å². The van der Waals surface area contributed by atoms with Gasteiger partial charge in [-0.05, 0) is 48.7 Å². The predicted octanol–water partition coefficient (Wildman–Crippen LogP) is 4.10. The molecule has 0 saturated carbocycles. The van der Waals surface area contributed by atoms with Gasteiger partial charge in [-0.3, -0.25) is 9.69 Å². The maximum absolute atomic E-state index is 12.2. The minimum atomic E-state index is -0.486. The molecular formula is C20H24N2O3. The number of amides is 2. The van der Waals surface area contributed by atoms with E-state index in [1.54, 1.807) is 31.3 Å². The van der Waals surface area contributed by atoms with Crippen LogP contribution >= 0.6 is 0 Å². The molecule has 1 N–H and O–H groups in total. The number of anilines is 1. The van der Waals surface area contributed by atoms with E-state index in [9.17, 15) is 9.59 Å². The molecule has 0 aromatic heterocycles. The van der Waals surface area contributed by atoms with Gasteiger partial charge >= 0.3 is 6.09 Å². The van der Waals surface area contributed by atoms with Crippen molar-refractivity contribution in [2.45, 2.75) is 20.3 Å². The summed E-state index contributed by atoms with van der Waals surface area (Å²) in [5.41, 5.74) is 1.29. The van der Waals surface area contributed by atoms with E-state index >= 15 is 0 Å². The zero-order valence-electron chi connectivity index (χ0n) is 14.9. The first kappa shape index (κ1) is 18.5. The summed E-state index contributed by atoms with van der Waals surface area (Å²) in [6.45, 7) is 4.87. The molecular weight excluding hydrogens is 316 g/mol. The van der Waals surface area contributed by atoms with E-state index in [1.165, 1.54) is 4.90 Å². The second-order valence-electron chi connectivity index (χ2n) is 6.23. The number of nitrogens with zero attached hydrogens (tertiary/aromatic N) is 1. The molecule has 5 heteroatoms. The Morgan fingerprint density at radius 3 is 2.28 bits per heavy atom. The van der Waals surface area contributed by atoms with Crippen molar-refractivity contribution in [3.63, 3.8) is 0 Å². The molecule has 2 aromatic rings. The first-order valence-corrected chi connectivity index (χ1v) is 8.36. The van der Waals surface area contributed by atoms with Gasteiger partial charge in [0.25, 0.3) is 5.91 Å². The van der Waals surface area contributed by atoms with Gasteiger partial charge in [0.1, 0.15) is 5.75 Å². The normalized spacial score (nSPS) is 10.4. The van der Waals surface area contributed by atoms with Gasteiger partial charge in [-0.15, -0.1) is 0 Å². The molecule has 2 aromatic carbocycles.